The fourth-order valence-corrected chi connectivity index (χ4v) is 4.29. The average Bonchev–Trinajstić information content (AvgIpc) is 3.24. The summed E-state index contributed by atoms with van der Waals surface area (Å²) in [5.74, 6) is 0.447. The van der Waals surface area contributed by atoms with E-state index in [2.05, 4.69) is 15.0 Å². The third-order valence-corrected chi connectivity index (χ3v) is 6.15. The molecule has 0 unspecified atom stereocenters. The zero-order valence-electron chi connectivity index (χ0n) is 14.6. The van der Waals surface area contributed by atoms with Crippen LogP contribution in [0.15, 0.2) is 63.3 Å². The molecule has 1 aliphatic rings. The van der Waals surface area contributed by atoms with Gasteiger partial charge in [0.25, 0.3) is 0 Å². The van der Waals surface area contributed by atoms with Crippen molar-refractivity contribution in [3.8, 4) is 5.88 Å². The number of aromatic nitrogens is 1. The molecule has 0 radical (unpaired) electrons. The first kappa shape index (κ1) is 18.1. The lowest BCUT2D eigenvalue weighted by Gasteiger charge is -2.01. The van der Waals surface area contributed by atoms with Crippen molar-refractivity contribution < 1.29 is 5.11 Å². The van der Waals surface area contributed by atoms with Crippen LogP contribution in [0.25, 0.3) is 22.7 Å². The number of benzene rings is 3. The van der Waals surface area contributed by atoms with Crippen LogP contribution in [0.4, 0.5) is 0 Å². The van der Waals surface area contributed by atoms with Crippen molar-refractivity contribution in [3.63, 3.8) is 0 Å². The standard InChI is InChI=1S/C21H11Cl2N3O2S/c22-14-8-16-17(9-15(14)23)25-19(24-16)13-6-5-10(11-3-1-2-4-12(11)13)7-18-20(27)26-21(28)29-18/h1-9,27H,(H,26,28)/b10-7-. The monoisotopic (exact) mass is 439 g/mol. The molecule has 2 N–H and O–H groups in total. The van der Waals surface area contributed by atoms with Gasteiger partial charge in [-0.15, -0.1) is 0 Å². The minimum atomic E-state index is -0.302. The van der Waals surface area contributed by atoms with Crippen LogP contribution in [-0.4, -0.2) is 10.1 Å². The maximum absolute atomic E-state index is 11.5. The summed E-state index contributed by atoms with van der Waals surface area (Å²) in [4.78, 5) is 23.3. The predicted octanol–water partition coefficient (Wildman–Crippen LogP) is 2.45. The second kappa shape index (κ2) is 6.84. The van der Waals surface area contributed by atoms with E-state index in [1.807, 2.05) is 36.4 Å². The number of aromatic amines is 1. The highest BCUT2D eigenvalue weighted by Crippen LogP contribution is 2.19. The van der Waals surface area contributed by atoms with Crippen molar-refractivity contribution in [2.75, 3.05) is 0 Å². The summed E-state index contributed by atoms with van der Waals surface area (Å²) >= 11 is 13.2. The summed E-state index contributed by atoms with van der Waals surface area (Å²) in [6, 6.07) is 15.1. The normalized spacial score (nSPS) is 13.4. The van der Waals surface area contributed by atoms with E-state index in [1.54, 1.807) is 18.2 Å². The SMILES string of the molecule is O=c1[nH]c(O)c(/C=c2/ccc(=C3N=c4cc(Cl)c(Cl)cc4=N3)c3ccccc23)s1. The molecule has 0 aliphatic carbocycles. The number of halogens is 2. The molecular weight excluding hydrogens is 429 g/mol. The fraction of sp³-hybridized carbons (Fsp3) is 0. The van der Waals surface area contributed by atoms with Crippen LogP contribution in [0.5, 0.6) is 5.88 Å². The molecule has 0 spiro atoms. The van der Waals surface area contributed by atoms with Crippen LogP contribution < -0.4 is 26.0 Å². The molecule has 0 amide bonds. The Morgan fingerprint density at radius 1 is 0.966 bits per heavy atom. The highest BCUT2D eigenvalue weighted by Gasteiger charge is 2.09. The zero-order valence-corrected chi connectivity index (χ0v) is 16.9. The summed E-state index contributed by atoms with van der Waals surface area (Å²) in [6.45, 7) is 0. The molecule has 1 aliphatic heterocycles. The van der Waals surface area contributed by atoms with Gasteiger partial charge in [0.2, 0.25) is 5.88 Å². The minimum Gasteiger partial charge on any atom is -0.493 e. The van der Waals surface area contributed by atoms with E-state index in [9.17, 15) is 9.90 Å². The van der Waals surface area contributed by atoms with Gasteiger partial charge in [-0.25, -0.2) is 9.98 Å². The molecule has 5 nitrogen and oxygen atoms in total. The Bertz CT molecular complexity index is 1580. The Balaban J connectivity index is 1.83. The lowest BCUT2D eigenvalue weighted by molar-refractivity contribution is 0.455. The van der Waals surface area contributed by atoms with Gasteiger partial charge >= 0.3 is 4.87 Å². The van der Waals surface area contributed by atoms with E-state index in [4.69, 9.17) is 23.2 Å². The molecule has 1 aromatic heterocycles. The number of fused-ring (bicyclic) bond motifs is 2. The van der Waals surface area contributed by atoms with Crippen molar-refractivity contribution in [3.05, 3.63) is 94.3 Å². The quantitative estimate of drug-likeness (QED) is 0.477. The molecule has 0 fully saturated rings. The highest BCUT2D eigenvalue weighted by molar-refractivity contribution is 7.10. The zero-order chi connectivity index (χ0) is 20.1. The number of nitrogens with one attached hydrogen (secondary N) is 1. The second-order valence-corrected chi connectivity index (χ2v) is 8.25. The Morgan fingerprint density at radius 2 is 1.62 bits per heavy atom. The molecular formula is C21H11Cl2N3O2S. The average molecular weight is 440 g/mol. The first-order chi connectivity index (χ1) is 14.0. The van der Waals surface area contributed by atoms with Gasteiger partial charge < -0.3 is 5.11 Å². The van der Waals surface area contributed by atoms with Gasteiger partial charge in [-0.3, -0.25) is 9.78 Å². The van der Waals surface area contributed by atoms with Gasteiger partial charge in [0.1, 0.15) is 0 Å². The lowest BCUT2D eigenvalue weighted by Crippen LogP contribution is -2.20. The molecule has 0 saturated carbocycles. The van der Waals surface area contributed by atoms with E-state index in [1.165, 1.54) is 0 Å². The van der Waals surface area contributed by atoms with E-state index in [0.717, 1.165) is 32.5 Å². The first-order valence-corrected chi connectivity index (χ1v) is 10.2. The van der Waals surface area contributed by atoms with Gasteiger partial charge in [0.15, 0.2) is 5.82 Å². The van der Waals surface area contributed by atoms with Gasteiger partial charge in [-0.1, -0.05) is 64.9 Å². The molecule has 8 heteroatoms. The van der Waals surface area contributed by atoms with Gasteiger partial charge in [0.05, 0.1) is 25.6 Å². The van der Waals surface area contributed by atoms with Gasteiger partial charge in [0, 0.05) is 5.22 Å². The number of nitrogens with zero attached hydrogens (tertiary/aromatic N) is 2. The number of H-pyrrole nitrogens is 1. The summed E-state index contributed by atoms with van der Waals surface area (Å²) < 4.78 is 0. The Labute approximate surface area is 177 Å². The van der Waals surface area contributed by atoms with Crippen LogP contribution in [0, 0.1) is 0 Å². The maximum atomic E-state index is 11.5. The van der Waals surface area contributed by atoms with Crippen molar-refractivity contribution in [2.45, 2.75) is 0 Å². The summed E-state index contributed by atoms with van der Waals surface area (Å²) in [6.07, 6.45) is 1.78. The Hall–Kier alpha value is -2.93. The number of hydrogen-bond acceptors (Lipinski definition) is 5. The van der Waals surface area contributed by atoms with Crippen molar-refractivity contribution in [1.29, 1.82) is 0 Å². The first-order valence-electron chi connectivity index (χ1n) is 8.58. The van der Waals surface area contributed by atoms with Crippen LogP contribution in [0.3, 0.4) is 0 Å². The molecule has 0 saturated heterocycles. The summed E-state index contributed by atoms with van der Waals surface area (Å²) in [5, 5.41) is 15.8. The highest BCUT2D eigenvalue weighted by atomic mass is 35.5. The largest absolute Gasteiger partial charge is 0.493 e. The Kier molecular flexibility index (Phi) is 4.28. The third-order valence-electron chi connectivity index (χ3n) is 4.61. The van der Waals surface area contributed by atoms with Crippen molar-refractivity contribution in [1.82, 2.24) is 4.98 Å². The molecule has 2 heterocycles. The molecule has 4 aromatic rings. The van der Waals surface area contributed by atoms with Crippen LogP contribution in [0.1, 0.15) is 4.88 Å². The molecule has 0 atom stereocenters. The lowest BCUT2D eigenvalue weighted by atomic mass is 10.1. The van der Waals surface area contributed by atoms with E-state index in [-0.39, 0.29) is 10.8 Å². The third kappa shape index (κ3) is 3.15. The molecule has 5 rings (SSSR count). The number of aromatic hydroxyl groups is 1. The van der Waals surface area contributed by atoms with E-state index in [0.29, 0.717) is 31.5 Å². The topological polar surface area (TPSA) is 77.8 Å². The number of thiazole rings is 1. The van der Waals surface area contributed by atoms with Crippen LogP contribution in [0.2, 0.25) is 10.0 Å². The molecule has 142 valence electrons. The Morgan fingerprint density at radius 3 is 2.24 bits per heavy atom. The van der Waals surface area contributed by atoms with Gasteiger partial charge in [-0.2, -0.15) is 0 Å². The second-order valence-electron chi connectivity index (χ2n) is 6.42. The van der Waals surface area contributed by atoms with Crippen LogP contribution >= 0.6 is 34.5 Å². The van der Waals surface area contributed by atoms with Gasteiger partial charge in [-0.05, 0) is 40.3 Å². The van der Waals surface area contributed by atoms with Crippen molar-refractivity contribution >= 4 is 57.2 Å². The maximum Gasteiger partial charge on any atom is 0.307 e. The number of hydrogen-bond donors (Lipinski definition) is 2. The van der Waals surface area contributed by atoms with Crippen molar-refractivity contribution in [2.24, 2.45) is 9.98 Å². The smallest absolute Gasteiger partial charge is 0.307 e. The summed E-state index contributed by atoms with van der Waals surface area (Å²) in [5.41, 5.74) is 0. The van der Waals surface area contributed by atoms with E-state index >= 15 is 0 Å². The summed E-state index contributed by atoms with van der Waals surface area (Å²) in [7, 11) is 0. The minimum absolute atomic E-state index is 0.132. The molecule has 0 bridgehead atoms. The van der Waals surface area contributed by atoms with Crippen LogP contribution in [-0.2, 0) is 0 Å². The fourth-order valence-electron chi connectivity index (χ4n) is 3.29. The molecule has 3 aromatic carbocycles. The predicted molar refractivity (Wildman–Crippen MR) is 116 cm³/mol. The molecule has 29 heavy (non-hydrogen) atoms. The van der Waals surface area contributed by atoms with E-state index < -0.39 is 0 Å². The number of rotatable bonds is 1.